The number of hydrogen-bond acceptors (Lipinski definition) is 9. The molecule has 1 aliphatic rings. The highest BCUT2D eigenvalue weighted by atomic mass is 32.2. The monoisotopic (exact) mass is 536 g/mol. The third-order valence-corrected chi connectivity index (χ3v) is 9.91. The Morgan fingerprint density at radius 3 is 2.29 bits per heavy atom. The van der Waals surface area contributed by atoms with Gasteiger partial charge in [-0.2, -0.15) is 4.31 Å². The van der Waals surface area contributed by atoms with Crippen molar-refractivity contribution in [3.63, 3.8) is 0 Å². The molecule has 2 heterocycles. The fourth-order valence-corrected chi connectivity index (χ4v) is 6.76. The van der Waals surface area contributed by atoms with E-state index in [1.807, 2.05) is 6.26 Å². The van der Waals surface area contributed by atoms with Crippen molar-refractivity contribution in [2.45, 2.75) is 33.3 Å². The Balaban J connectivity index is 1.33. The minimum Gasteiger partial charge on any atom is -0.407 e. The van der Waals surface area contributed by atoms with E-state index in [9.17, 15) is 21.6 Å². The summed E-state index contributed by atoms with van der Waals surface area (Å²) >= 11 is 1.53. The molecule has 1 amide bonds. The van der Waals surface area contributed by atoms with Crippen molar-refractivity contribution < 1.29 is 26.0 Å². The third-order valence-electron chi connectivity index (χ3n) is 5.63. The van der Waals surface area contributed by atoms with E-state index in [1.165, 1.54) is 28.2 Å². The Morgan fingerprint density at radius 1 is 1.00 bits per heavy atom. The quantitative estimate of drug-likeness (QED) is 0.430. The topological polar surface area (TPSA) is 140 Å². The number of sulfonamides is 1. The highest BCUT2D eigenvalue weighted by molar-refractivity contribution is 7.98. The smallest absolute Gasteiger partial charge is 0.322 e. The van der Waals surface area contributed by atoms with Gasteiger partial charge in [-0.15, -0.1) is 16.9 Å². The number of rotatable bonds is 8. The first-order valence-corrected chi connectivity index (χ1v) is 15.1. The number of benzene rings is 2. The van der Waals surface area contributed by atoms with E-state index in [0.717, 1.165) is 4.90 Å². The van der Waals surface area contributed by atoms with Gasteiger partial charge in [-0.1, -0.05) is 23.3 Å². The third kappa shape index (κ3) is 5.92. The molecule has 1 aromatic heterocycles. The molecule has 2 aromatic carbocycles. The molecular formula is C22H24N4O6S3. The van der Waals surface area contributed by atoms with Crippen molar-refractivity contribution in [3.05, 3.63) is 60.5 Å². The van der Waals surface area contributed by atoms with Crippen molar-refractivity contribution in [2.24, 2.45) is 5.92 Å². The van der Waals surface area contributed by atoms with Crippen molar-refractivity contribution in [1.82, 2.24) is 14.5 Å². The van der Waals surface area contributed by atoms with E-state index in [0.29, 0.717) is 12.8 Å². The fourth-order valence-electron chi connectivity index (χ4n) is 3.70. The number of thioether (sulfide) groups is 1. The second kappa shape index (κ2) is 10.5. The van der Waals surface area contributed by atoms with Gasteiger partial charge < -0.3 is 4.42 Å². The van der Waals surface area contributed by atoms with Crippen molar-refractivity contribution >= 4 is 43.5 Å². The summed E-state index contributed by atoms with van der Waals surface area (Å²) in [5, 5.41) is 9.94. The lowest BCUT2D eigenvalue weighted by molar-refractivity contribution is -0.121. The van der Waals surface area contributed by atoms with Gasteiger partial charge in [-0.3, -0.25) is 10.1 Å². The van der Waals surface area contributed by atoms with E-state index >= 15 is 0 Å². The summed E-state index contributed by atoms with van der Waals surface area (Å²) in [6.45, 7) is 0.407. The van der Waals surface area contributed by atoms with Crippen LogP contribution in [-0.2, 0) is 30.4 Å². The predicted octanol–water partition coefficient (Wildman–Crippen LogP) is 2.80. The van der Waals surface area contributed by atoms with Crippen molar-refractivity contribution in [2.75, 3.05) is 24.7 Å². The Morgan fingerprint density at radius 2 is 1.66 bits per heavy atom. The molecule has 0 atom stereocenters. The number of amides is 1. The molecule has 10 nitrogen and oxygen atoms in total. The van der Waals surface area contributed by atoms with Gasteiger partial charge in [0.05, 0.1) is 9.79 Å². The van der Waals surface area contributed by atoms with Crippen LogP contribution in [0.5, 0.6) is 0 Å². The lowest BCUT2D eigenvalue weighted by atomic mass is 9.97. The summed E-state index contributed by atoms with van der Waals surface area (Å²) < 4.78 is 57.4. The Bertz CT molecular complexity index is 1380. The van der Waals surface area contributed by atoms with E-state index in [4.69, 9.17) is 4.42 Å². The van der Waals surface area contributed by atoms with E-state index in [-0.39, 0.29) is 40.7 Å². The van der Waals surface area contributed by atoms with Crippen molar-refractivity contribution in [1.29, 1.82) is 0 Å². The summed E-state index contributed by atoms with van der Waals surface area (Å²) in [5.41, 5.74) is 0. The van der Waals surface area contributed by atoms with Gasteiger partial charge in [-0.25, -0.2) is 16.8 Å². The number of anilines is 1. The molecule has 1 aliphatic heterocycles. The average molecular weight is 537 g/mol. The highest BCUT2D eigenvalue weighted by Gasteiger charge is 2.32. The number of piperidine rings is 1. The molecule has 0 radical (unpaired) electrons. The highest BCUT2D eigenvalue weighted by Crippen LogP contribution is 2.26. The van der Waals surface area contributed by atoms with Gasteiger partial charge >= 0.3 is 6.01 Å². The molecule has 186 valence electrons. The summed E-state index contributed by atoms with van der Waals surface area (Å²) in [7, 11) is -7.31. The molecule has 4 rings (SSSR count). The summed E-state index contributed by atoms with van der Waals surface area (Å²) in [5.74, 6) is -1.46. The Kier molecular flexibility index (Phi) is 7.59. The molecule has 3 aromatic rings. The van der Waals surface area contributed by atoms with E-state index in [1.54, 1.807) is 42.5 Å². The van der Waals surface area contributed by atoms with Crippen LogP contribution in [0.1, 0.15) is 18.7 Å². The maximum atomic E-state index is 12.9. The van der Waals surface area contributed by atoms with Gasteiger partial charge in [0.25, 0.3) is 0 Å². The number of aromatic nitrogens is 2. The largest absolute Gasteiger partial charge is 0.407 e. The molecule has 35 heavy (non-hydrogen) atoms. The molecular weight excluding hydrogens is 512 g/mol. The minimum absolute atomic E-state index is 0.130. The number of carbonyl (C=O) groups excluding carboxylic acids is 1. The standard InChI is InChI=1S/C22H24N4O6S3/c1-33-17-7-9-19(10-8-17)35(30,31)26-13-11-16(12-14-26)21(27)23-22-25-24-20(32-22)15-34(28,29)18-5-3-2-4-6-18/h2-10,16H,11-15H2,1H3,(H,23,25,27). The van der Waals surface area contributed by atoms with Crippen LogP contribution in [0.15, 0.2) is 73.7 Å². The van der Waals surface area contributed by atoms with Crippen LogP contribution in [0.2, 0.25) is 0 Å². The molecule has 0 spiro atoms. The normalized spacial score (nSPS) is 15.7. The number of hydrogen-bond donors (Lipinski definition) is 1. The van der Waals surface area contributed by atoms with Gasteiger partial charge in [0.2, 0.25) is 21.8 Å². The van der Waals surface area contributed by atoms with Gasteiger partial charge in [0.15, 0.2) is 9.84 Å². The molecule has 0 bridgehead atoms. The molecule has 1 saturated heterocycles. The van der Waals surface area contributed by atoms with E-state index < -0.39 is 31.5 Å². The van der Waals surface area contributed by atoms with Crippen molar-refractivity contribution in [3.8, 4) is 0 Å². The molecule has 0 aliphatic carbocycles. The number of sulfone groups is 1. The van der Waals surface area contributed by atoms with Crippen LogP contribution in [-0.4, -0.2) is 56.6 Å². The maximum absolute atomic E-state index is 12.9. The van der Waals surface area contributed by atoms with E-state index in [2.05, 4.69) is 15.5 Å². The lowest BCUT2D eigenvalue weighted by Gasteiger charge is -2.30. The second-order valence-corrected chi connectivity index (χ2v) is 12.7. The van der Waals surface area contributed by atoms with Gasteiger partial charge in [0, 0.05) is 23.9 Å². The zero-order chi connectivity index (χ0) is 25.1. The van der Waals surface area contributed by atoms with Gasteiger partial charge in [0.1, 0.15) is 5.75 Å². The van der Waals surface area contributed by atoms with Crippen LogP contribution in [0.3, 0.4) is 0 Å². The van der Waals surface area contributed by atoms with Crippen LogP contribution in [0.4, 0.5) is 6.01 Å². The zero-order valence-electron chi connectivity index (χ0n) is 18.8. The first-order chi connectivity index (χ1) is 16.7. The number of nitrogens with zero attached hydrogens (tertiary/aromatic N) is 3. The summed E-state index contributed by atoms with van der Waals surface area (Å²) in [4.78, 5) is 14.0. The first-order valence-electron chi connectivity index (χ1n) is 10.7. The average Bonchev–Trinajstić information content (AvgIpc) is 3.30. The fraction of sp³-hybridized carbons (Fsp3) is 0.318. The number of carbonyl (C=O) groups is 1. The molecule has 1 fully saturated rings. The zero-order valence-corrected chi connectivity index (χ0v) is 21.3. The maximum Gasteiger partial charge on any atom is 0.322 e. The molecule has 0 saturated carbocycles. The van der Waals surface area contributed by atoms with Crippen LogP contribution in [0, 0.1) is 5.92 Å². The van der Waals surface area contributed by atoms with Crippen LogP contribution in [0.25, 0.3) is 0 Å². The predicted molar refractivity (Wildman–Crippen MR) is 130 cm³/mol. The molecule has 1 N–H and O–H groups in total. The SMILES string of the molecule is CSc1ccc(S(=O)(=O)N2CCC(C(=O)Nc3nnc(CS(=O)(=O)c4ccccc4)o3)CC2)cc1. The molecule has 0 unspecified atom stereocenters. The first kappa shape index (κ1) is 25.4. The van der Waals surface area contributed by atoms with Crippen LogP contribution < -0.4 is 5.32 Å². The number of nitrogens with one attached hydrogen (secondary N) is 1. The second-order valence-electron chi connectivity index (χ2n) is 7.92. The minimum atomic E-state index is -3.67. The Labute approximate surface area is 208 Å². The van der Waals surface area contributed by atoms with Gasteiger partial charge in [-0.05, 0) is 55.5 Å². The summed E-state index contributed by atoms with van der Waals surface area (Å²) in [6.07, 6.45) is 2.58. The summed E-state index contributed by atoms with van der Waals surface area (Å²) in [6, 6.07) is 14.4. The van der Waals surface area contributed by atoms with Crippen LogP contribution >= 0.6 is 11.8 Å². The lowest BCUT2D eigenvalue weighted by Crippen LogP contribution is -2.41. The Hall–Kier alpha value is -2.74. The molecule has 13 heteroatoms.